The summed E-state index contributed by atoms with van der Waals surface area (Å²) in [4.78, 5) is 40.6. The van der Waals surface area contributed by atoms with Crippen molar-refractivity contribution in [3.63, 3.8) is 0 Å². The van der Waals surface area contributed by atoms with Gasteiger partial charge in [0, 0.05) is 17.2 Å². The first-order valence-corrected chi connectivity index (χ1v) is 10.6. The molecule has 0 aromatic heterocycles. The number of anilines is 2. The molecular weight excluding hydrogens is 378 g/mol. The van der Waals surface area contributed by atoms with Crippen LogP contribution in [0.15, 0.2) is 42.5 Å². The maximum absolute atomic E-state index is 13.4. The first-order valence-electron chi connectivity index (χ1n) is 10.6. The van der Waals surface area contributed by atoms with Crippen LogP contribution in [0.3, 0.4) is 0 Å². The van der Waals surface area contributed by atoms with Crippen LogP contribution in [0.5, 0.6) is 0 Å². The molecule has 1 fully saturated rings. The highest BCUT2D eigenvalue weighted by Crippen LogP contribution is 2.44. The van der Waals surface area contributed by atoms with Crippen LogP contribution < -0.4 is 16.0 Å². The third-order valence-corrected chi connectivity index (χ3v) is 6.28. The van der Waals surface area contributed by atoms with Gasteiger partial charge in [-0.3, -0.25) is 14.4 Å². The van der Waals surface area contributed by atoms with E-state index in [0.717, 1.165) is 36.8 Å². The van der Waals surface area contributed by atoms with E-state index in [2.05, 4.69) is 5.32 Å². The largest absolute Gasteiger partial charge is 0.398 e. The number of imide groups is 1. The van der Waals surface area contributed by atoms with E-state index in [4.69, 9.17) is 5.73 Å². The van der Waals surface area contributed by atoms with Crippen molar-refractivity contribution in [1.82, 2.24) is 5.32 Å². The molecule has 1 aliphatic heterocycles. The van der Waals surface area contributed by atoms with Gasteiger partial charge in [0.05, 0.1) is 11.6 Å². The lowest BCUT2D eigenvalue weighted by Crippen LogP contribution is -2.51. The van der Waals surface area contributed by atoms with Crippen molar-refractivity contribution < 1.29 is 14.4 Å². The van der Waals surface area contributed by atoms with E-state index in [0.29, 0.717) is 16.9 Å². The maximum Gasteiger partial charge on any atom is 0.256 e. The fourth-order valence-corrected chi connectivity index (χ4v) is 4.59. The van der Waals surface area contributed by atoms with Crippen molar-refractivity contribution in [2.24, 2.45) is 5.92 Å². The van der Waals surface area contributed by atoms with Gasteiger partial charge in [-0.2, -0.15) is 0 Å². The molecule has 3 amide bonds. The molecule has 30 heavy (non-hydrogen) atoms. The van der Waals surface area contributed by atoms with E-state index in [1.165, 1.54) is 4.90 Å². The number of nitrogens with two attached hydrogens (primary N) is 1. The topological polar surface area (TPSA) is 92.5 Å². The highest BCUT2D eigenvalue weighted by Gasteiger charge is 2.38. The van der Waals surface area contributed by atoms with E-state index in [-0.39, 0.29) is 17.7 Å². The SMILES string of the molecule is CC1C(=O)N(C(=O)[C@H](C)NC(=O)C2CCCC2)c2cccc(N)c2-c2ccccc21. The number of carbonyl (C=O) groups excluding carboxylic acids is 3. The fraction of sp³-hybridized carbons (Fsp3) is 0.375. The van der Waals surface area contributed by atoms with Crippen LogP contribution in [0, 0.1) is 5.92 Å². The minimum atomic E-state index is -0.815. The number of amides is 3. The molecule has 4 rings (SSSR count). The zero-order valence-corrected chi connectivity index (χ0v) is 17.4. The van der Waals surface area contributed by atoms with Gasteiger partial charge in [-0.15, -0.1) is 0 Å². The summed E-state index contributed by atoms with van der Waals surface area (Å²) in [7, 11) is 0. The van der Waals surface area contributed by atoms with Gasteiger partial charge in [-0.05, 0) is 49.9 Å². The lowest BCUT2D eigenvalue weighted by Gasteiger charge is -2.27. The number of hydrogen-bond acceptors (Lipinski definition) is 4. The van der Waals surface area contributed by atoms with Crippen molar-refractivity contribution in [2.75, 3.05) is 10.6 Å². The van der Waals surface area contributed by atoms with Crippen LogP contribution in [0.2, 0.25) is 0 Å². The van der Waals surface area contributed by atoms with Gasteiger partial charge in [0.25, 0.3) is 5.91 Å². The quantitative estimate of drug-likeness (QED) is 0.763. The highest BCUT2D eigenvalue weighted by atomic mass is 16.2. The van der Waals surface area contributed by atoms with Crippen molar-refractivity contribution in [2.45, 2.75) is 51.5 Å². The average molecular weight is 405 g/mol. The molecule has 6 nitrogen and oxygen atoms in total. The predicted octanol–water partition coefficient (Wildman–Crippen LogP) is 3.61. The Labute approximate surface area is 176 Å². The Hall–Kier alpha value is -3.15. The minimum absolute atomic E-state index is 0.0498. The standard InChI is InChI=1S/C24H27N3O3/c1-14-17-10-5-6-11-18(17)21-19(25)12-7-13-20(21)27(23(14)29)24(30)15(2)26-22(28)16-8-3-4-9-16/h5-7,10-16H,3-4,8-9,25H2,1-2H3,(H,26,28)/t14?,15-/m0/s1. The molecule has 0 spiro atoms. The number of nitrogen functional groups attached to an aromatic ring is 1. The van der Waals surface area contributed by atoms with Crippen molar-refractivity contribution >= 4 is 29.1 Å². The lowest BCUT2D eigenvalue weighted by atomic mass is 9.92. The number of rotatable bonds is 3. The summed E-state index contributed by atoms with van der Waals surface area (Å²) >= 11 is 0. The van der Waals surface area contributed by atoms with Gasteiger partial charge in [0.2, 0.25) is 11.8 Å². The molecule has 2 aromatic rings. The first-order chi connectivity index (χ1) is 14.4. The summed E-state index contributed by atoms with van der Waals surface area (Å²) in [5.41, 5.74) is 9.62. The number of hydrogen-bond donors (Lipinski definition) is 2. The second kappa shape index (κ2) is 7.94. The number of nitrogens with one attached hydrogen (secondary N) is 1. The van der Waals surface area contributed by atoms with Crippen LogP contribution in [-0.4, -0.2) is 23.8 Å². The van der Waals surface area contributed by atoms with E-state index < -0.39 is 17.9 Å². The molecule has 3 N–H and O–H groups in total. The van der Waals surface area contributed by atoms with Gasteiger partial charge >= 0.3 is 0 Å². The number of carbonyl (C=O) groups is 3. The third-order valence-electron chi connectivity index (χ3n) is 6.28. The van der Waals surface area contributed by atoms with E-state index >= 15 is 0 Å². The second-order valence-corrected chi connectivity index (χ2v) is 8.27. The zero-order valence-electron chi connectivity index (χ0n) is 17.4. The number of benzene rings is 2. The maximum atomic E-state index is 13.4. The summed E-state index contributed by atoms with van der Waals surface area (Å²) < 4.78 is 0. The molecule has 0 bridgehead atoms. The smallest absolute Gasteiger partial charge is 0.256 e. The molecule has 156 valence electrons. The van der Waals surface area contributed by atoms with Gasteiger partial charge in [-0.1, -0.05) is 43.2 Å². The van der Waals surface area contributed by atoms with Crippen molar-refractivity contribution in [3.05, 3.63) is 48.0 Å². The summed E-state index contributed by atoms with van der Waals surface area (Å²) in [6.45, 7) is 3.43. The zero-order chi connectivity index (χ0) is 21.4. The Bertz CT molecular complexity index is 1010. The van der Waals surface area contributed by atoms with Gasteiger partial charge < -0.3 is 11.1 Å². The molecular formula is C24H27N3O3. The molecule has 1 aliphatic carbocycles. The molecule has 0 saturated heterocycles. The molecule has 2 aliphatic rings. The van der Waals surface area contributed by atoms with Gasteiger partial charge in [0.15, 0.2) is 0 Å². The normalized spacial score (nSPS) is 19.6. The Balaban J connectivity index is 1.73. The molecule has 2 atom stereocenters. The number of nitrogens with zero attached hydrogens (tertiary/aromatic N) is 1. The van der Waals surface area contributed by atoms with Crippen LogP contribution in [0.1, 0.15) is 51.0 Å². The summed E-state index contributed by atoms with van der Waals surface area (Å²) in [5.74, 6) is -1.45. The van der Waals surface area contributed by atoms with Crippen molar-refractivity contribution in [1.29, 1.82) is 0 Å². The second-order valence-electron chi connectivity index (χ2n) is 8.27. The summed E-state index contributed by atoms with van der Waals surface area (Å²) in [6, 6.07) is 12.0. The Morgan fingerprint density at radius 2 is 1.80 bits per heavy atom. The molecule has 1 saturated carbocycles. The monoisotopic (exact) mass is 405 g/mol. The third kappa shape index (κ3) is 3.36. The lowest BCUT2D eigenvalue weighted by molar-refractivity contribution is -0.132. The first kappa shape index (κ1) is 20.1. The molecule has 1 unspecified atom stereocenters. The van der Waals surface area contributed by atoms with E-state index in [9.17, 15) is 14.4 Å². The highest BCUT2D eigenvalue weighted by molar-refractivity contribution is 6.22. The molecule has 1 heterocycles. The predicted molar refractivity (Wildman–Crippen MR) is 117 cm³/mol. The average Bonchev–Trinajstić information content (AvgIpc) is 3.25. The Morgan fingerprint density at radius 1 is 1.10 bits per heavy atom. The van der Waals surface area contributed by atoms with Gasteiger partial charge in [-0.25, -0.2) is 4.90 Å². The van der Waals surface area contributed by atoms with Crippen molar-refractivity contribution in [3.8, 4) is 11.1 Å². The summed E-state index contributed by atoms with van der Waals surface area (Å²) in [5, 5.41) is 2.83. The fourth-order valence-electron chi connectivity index (χ4n) is 4.59. The molecule has 6 heteroatoms. The molecule has 0 radical (unpaired) electrons. The van der Waals surface area contributed by atoms with Crippen LogP contribution in [-0.2, 0) is 14.4 Å². The minimum Gasteiger partial charge on any atom is -0.398 e. The van der Waals surface area contributed by atoms with E-state index in [1.54, 1.807) is 32.0 Å². The van der Waals surface area contributed by atoms with E-state index in [1.807, 2.05) is 24.3 Å². The van der Waals surface area contributed by atoms with Crippen LogP contribution >= 0.6 is 0 Å². The Kier molecular flexibility index (Phi) is 5.33. The van der Waals surface area contributed by atoms with Crippen LogP contribution in [0.25, 0.3) is 11.1 Å². The van der Waals surface area contributed by atoms with Gasteiger partial charge in [0.1, 0.15) is 6.04 Å². The number of fused-ring (bicyclic) bond motifs is 3. The summed E-state index contributed by atoms with van der Waals surface area (Å²) in [6.07, 6.45) is 3.77. The molecule has 2 aromatic carbocycles. The van der Waals surface area contributed by atoms with Crippen LogP contribution in [0.4, 0.5) is 11.4 Å². The Morgan fingerprint density at radius 3 is 2.53 bits per heavy atom.